The van der Waals surface area contributed by atoms with E-state index in [1.165, 1.54) is 0 Å². The van der Waals surface area contributed by atoms with Crippen LogP contribution >= 0.6 is 0 Å². The molecule has 3 heterocycles. The lowest BCUT2D eigenvalue weighted by Crippen LogP contribution is -2.62. The third-order valence-corrected chi connectivity index (χ3v) is 6.69. The first-order valence-corrected chi connectivity index (χ1v) is 11.4. The molecule has 2 saturated heterocycles. The number of aromatic nitrogens is 2. The minimum atomic E-state index is -1.14. The normalized spacial score (nSPS) is 23.2. The van der Waals surface area contributed by atoms with E-state index in [0.29, 0.717) is 45.8 Å². The van der Waals surface area contributed by atoms with Crippen molar-refractivity contribution < 1.29 is 14.3 Å². The van der Waals surface area contributed by atoms with E-state index in [2.05, 4.69) is 37.2 Å². The van der Waals surface area contributed by atoms with Crippen LogP contribution in [0.2, 0.25) is 0 Å². The van der Waals surface area contributed by atoms with Crippen LogP contribution in [0.1, 0.15) is 11.4 Å². The summed E-state index contributed by atoms with van der Waals surface area (Å²) < 4.78 is 8.09. The maximum absolute atomic E-state index is 13.3. The van der Waals surface area contributed by atoms with Crippen LogP contribution in [0.25, 0.3) is 11.0 Å². The minimum Gasteiger partial charge on any atom is -0.361 e. The summed E-state index contributed by atoms with van der Waals surface area (Å²) >= 11 is 0. The average Bonchev–Trinajstić information content (AvgIpc) is 3.35. The number of imidazole rings is 1. The highest BCUT2D eigenvalue weighted by molar-refractivity contribution is 5.94. The summed E-state index contributed by atoms with van der Waals surface area (Å²) in [5.74, 6) is -0.00172. The highest BCUT2D eigenvalue weighted by Crippen LogP contribution is 2.34. The molecule has 2 N–H and O–H groups in total. The Hall–Kier alpha value is -3.23. The number of carbonyl (C=O) groups excluding carboxylic acids is 2. The van der Waals surface area contributed by atoms with Crippen molar-refractivity contribution in [3.05, 3.63) is 66.0 Å². The largest absolute Gasteiger partial charge is 0.361 e. The fourth-order valence-corrected chi connectivity index (χ4v) is 5.00. The Morgan fingerprint density at radius 1 is 1.21 bits per heavy atom. The molecule has 33 heavy (non-hydrogen) atoms. The first-order valence-electron chi connectivity index (χ1n) is 11.4. The van der Waals surface area contributed by atoms with Gasteiger partial charge in [-0.3, -0.25) is 14.5 Å². The molecule has 2 aromatic carbocycles. The van der Waals surface area contributed by atoms with Crippen molar-refractivity contribution in [2.24, 2.45) is 13.0 Å². The zero-order valence-corrected chi connectivity index (χ0v) is 18.8. The molecular formula is C25H29N5O3. The Kier molecular flexibility index (Phi) is 5.86. The van der Waals surface area contributed by atoms with Gasteiger partial charge in [-0.25, -0.2) is 4.98 Å². The first kappa shape index (κ1) is 21.6. The maximum Gasteiger partial charge on any atom is 0.254 e. The number of amides is 2. The molecule has 3 aromatic rings. The van der Waals surface area contributed by atoms with E-state index in [-0.39, 0.29) is 11.8 Å². The Morgan fingerprint density at radius 2 is 2.00 bits per heavy atom. The summed E-state index contributed by atoms with van der Waals surface area (Å²) in [5.41, 5.74) is 2.01. The van der Waals surface area contributed by atoms with Gasteiger partial charge in [-0.1, -0.05) is 42.5 Å². The lowest BCUT2D eigenvalue weighted by Gasteiger charge is -2.36. The van der Waals surface area contributed by atoms with Crippen LogP contribution in [0.15, 0.2) is 54.6 Å². The van der Waals surface area contributed by atoms with Gasteiger partial charge in [0.05, 0.1) is 23.6 Å². The lowest BCUT2D eigenvalue weighted by molar-refractivity contribution is -0.163. The maximum atomic E-state index is 13.3. The van der Waals surface area contributed by atoms with Gasteiger partial charge in [0.1, 0.15) is 5.82 Å². The summed E-state index contributed by atoms with van der Waals surface area (Å²) in [4.78, 5) is 33.0. The van der Waals surface area contributed by atoms with Crippen LogP contribution < -0.4 is 10.6 Å². The van der Waals surface area contributed by atoms with Gasteiger partial charge in [-0.15, -0.1) is 0 Å². The average molecular weight is 448 g/mol. The second kappa shape index (κ2) is 8.96. The van der Waals surface area contributed by atoms with Gasteiger partial charge in [0.25, 0.3) is 5.91 Å². The number of fused-ring (bicyclic) bond motifs is 1. The molecule has 0 saturated carbocycles. The molecule has 172 valence electrons. The van der Waals surface area contributed by atoms with Gasteiger partial charge >= 0.3 is 0 Å². The quantitative estimate of drug-likeness (QED) is 0.594. The summed E-state index contributed by atoms with van der Waals surface area (Å²) in [7, 11) is 1.99. The molecule has 1 spiro atoms. The number of ether oxygens (including phenoxy) is 1. The molecule has 2 aliphatic rings. The monoisotopic (exact) mass is 447 g/mol. The van der Waals surface area contributed by atoms with E-state index in [1.807, 2.05) is 49.5 Å². The van der Waals surface area contributed by atoms with Gasteiger partial charge in [-0.05, 0) is 17.7 Å². The predicted octanol–water partition coefficient (Wildman–Crippen LogP) is 1.25. The number of para-hydroxylation sites is 2. The zero-order chi connectivity index (χ0) is 22.8. The van der Waals surface area contributed by atoms with Crippen LogP contribution in [-0.2, 0) is 34.3 Å². The van der Waals surface area contributed by atoms with Crippen molar-refractivity contribution in [3.63, 3.8) is 0 Å². The number of nitrogens with zero attached hydrogens (tertiary/aromatic N) is 3. The number of likely N-dealkylation sites (tertiary alicyclic amines) is 1. The molecule has 2 amide bonds. The molecule has 0 aliphatic carbocycles. The summed E-state index contributed by atoms with van der Waals surface area (Å²) in [6.45, 7) is 2.87. The summed E-state index contributed by atoms with van der Waals surface area (Å²) in [6, 6.07) is 18.1. The predicted molar refractivity (Wildman–Crippen MR) is 124 cm³/mol. The Bertz CT molecular complexity index is 1160. The number of hydrogen-bond acceptors (Lipinski definition) is 5. The van der Waals surface area contributed by atoms with Crippen LogP contribution in [0.5, 0.6) is 0 Å². The molecule has 8 nitrogen and oxygen atoms in total. The Labute approximate surface area is 192 Å². The smallest absolute Gasteiger partial charge is 0.254 e. The number of hydrogen-bond donors (Lipinski definition) is 2. The SMILES string of the molecule is Cn1c(CCNC(=O)[C@H]2CN(Cc3ccccc3)C[C@@]23OCCNC3=O)nc2ccccc21. The third-order valence-electron chi connectivity index (χ3n) is 6.69. The Morgan fingerprint density at radius 3 is 2.79 bits per heavy atom. The van der Waals surface area contributed by atoms with Crippen LogP contribution in [0.3, 0.4) is 0 Å². The molecule has 0 radical (unpaired) electrons. The fourth-order valence-electron chi connectivity index (χ4n) is 5.00. The molecule has 0 unspecified atom stereocenters. The molecule has 2 fully saturated rings. The number of nitrogens with one attached hydrogen (secondary N) is 2. The topological polar surface area (TPSA) is 88.5 Å². The zero-order valence-electron chi connectivity index (χ0n) is 18.8. The second-order valence-corrected chi connectivity index (χ2v) is 8.82. The van der Waals surface area contributed by atoms with Crippen molar-refractivity contribution >= 4 is 22.8 Å². The van der Waals surface area contributed by atoms with E-state index in [1.54, 1.807) is 0 Å². The number of benzene rings is 2. The standard InChI is InChI=1S/C25H29N5O3/c1-29-21-10-6-5-9-20(21)28-22(29)11-12-26-23(31)19-16-30(15-18-7-3-2-4-8-18)17-25(19)24(32)27-13-14-33-25/h2-10,19H,11-17H2,1H3,(H,26,31)(H,27,32)/t19-,25-/m1/s1. The number of carbonyl (C=O) groups is 2. The molecule has 2 atom stereocenters. The van der Waals surface area contributed by atoms with Gasteiger partial charge in [-0.2, -0.15) is 0 Å². The van der Waals surface area contributed by atoms with E-state index < -0.39 is 11.5 Å². The van der Waals surface area contributed by atoms with Crippen molar-refractivity contribution in [1.82, 2.24) is 25.1 Å². The van der Waals surface area contributed by atoms with Crippen molar-refractivity contribution in [2.45, 2.75) is 18.6 Å². The molecular weight excluding hydrogens is 418 g/mol. The second-order valence-electron chi connectivity index (χ2n) is 8.82. The summed E-state index contributed by atoms with van der Waals surface area (Å²) in [5, 5.41) is 5.95. The lowest BCUT2D eigenvalue weighted by atomic mass is 9.87. The molecule has 5 rings (SSSR count). The number of morpholine rings is 1. The molecule has 2 aliphatic heterocycles. The van der Waals surface area contributed by atoms with E-state index in [9.17, 15) is 9.59 Å². The van der Waals surface area contributed by atoms with E-state index >= 15 is 0 Å². The minimum absolute atomic E-state index is 0.152. The highest BCUT2D eigenvalue weighted by Gasteiger charge is 2.57. The van der Waals surface area contributed by atoms with Crippen LogP contribution in [0.4, 0.5) is 0 Å². The summed E-state index contributed by atoms with van der Waals surface area (Å²) in [6.07, 6.45) is 0.609. The number of rotatable bonds is 6. The number of aryl methyl sites for hydroxylation is 1. The highest BCUT2D eigenvalue weighted by atomic mass is 16.5. The van der Waals surface area contributed by atoms with Crippen molar-refractivity contribution in [3.8, 4) is 0 Å². The molecule has 8 heteroatoms. The van der Waals surface area contributed by atoms with E-state index in [4.69, 9.17) is 4.74 Å². The van der Waals surface area contributed by atoms with Gasteiger partial charge in [0.15, 0.2) is 5.60 Å². The van der Waals surface area contributed by atoms with Crippen LogP contribution in [-0.4, -0.2) is 64.7 Å². The molecule has 1 aromatic heterocycles. The van der Waals surface area contributed by atoms with Gasteiger partial charge in [0.2, 0.25) is 5.91 Å². The molecule has 0 bridgehead atoms. The van der Waals surface area contributed by atoms with Crippen LogP contribution in [0, 0.1) is 5.92 Å². The Balaban J connectivity index is 1.28. The third kappa shape index (κ3) is 4.12. The van der Waals surface area contributed by atoms with Crippen molar-refractivity contribution in [1.29, 1.82) is 0 Å². The fraction of sp³-hybridized carbons (Fsp3) is 0.400. The van der Waals surface area contributed by atoms with Crippen molar-refractivity contribution in [2.75, 3.05) is 32.8 Å². The van der Waals surface area contributed by atoms with Gasteiger partial charge < -0.3 is 19.9 Å². The first-order chi connectivity index (χ1) is 16.1. The van der Waals surface area contributed by atoms with Gasteiger partial charge in [0, 0.05) is 46.2 Å². The van der Waals surface area contributed by atoms with E-state index in [0.717, 1.165) is 22.4 Å².